The van der Waals surface area contributed by atoms with E-state index in [0.717, 1.165) is 0 Å². The monoisotopic (exact) mass is 202 g/mol. The molecule has 0 amide bonds. The minimum absolute atomic E-state index is 0.251. The minimum atomic E-state index is -1.08. The maximum absolute atomic E-state index is 11.1. The first-order valence-electron chi connectivity index (χ1n) is 4.28. The molecule has 3 unspecified atom stereocenters. The van der Waals surface area contributed by atoms with E-state index < -0.39 is 24.3 Å². The van der Waals surface area contributed by atoms with Crippen molar-refractivity contribution in [1.82, 2.24) is 0 Å². The number of rotatable bonds is 2. The highest BCUT2D eigenvalue weighted by Crippen LogP contribution is 2.22. The van der Waals surface area contributed by atoms with Crippen LogP contribution < -0.4 is 0 Å². The fraction of sp³-hybridized carbons (Fsp3) is 0.667. The summed E-state index contributed by atoms with van der Waals surface area (Å²) in [7, 11) is 2.68. The Morgan fingerprint density at radius 2 is 2.14 bits per heavy atom. The molecule has 0 radical (unpaired) electrons. The highest BCUT2D eigenvalue weighted by molar-refractivity contribution is 5.88. The molecule has 5 heteroatoms. The Labute approximate surface area is 81.9 Å². The van der Waals surface area contributed by atoms with Crippen LogP contribution in [0, 0.1) is 0 Å². The van der Waals surface area contributed by atoms with Gasteiger partial charge in [-0.25, -0.2) is 4.79 Å². The highest BCUT2D eigenvalue weighted by Gasteiger charge is 2.33. The molecule has 1 aliphatic rings. The molecule has 0 aromatic rings. The van der Waals surface area contributed by atoms with Crippen molar-refractivity contribution < 1.29 is 24.5 Å². The third-order valence-electron chi connectivity index (χ3n) is 2.27. The van der Waals surface area contributed by atoms with Crippen molar-refractivity contribution in [1.29, 1.82) is 0 Å². The number of aliphatic hydroxyl groups is 2. The van der Waals surface area contributed by atoms with Crippen LogP contribution in [0.4, 0.5) is 0 Å². The van der Waals surface area contributed by atoms with Gasteiger partial charge in [-0.15, -0.1) is 0 Å². The van der Waals surface area contributed by atoms with Crippen LogP contribution >= 0.6 is 0 Å². The van der Waals surface area contributed by atoms with Crippen LogP contribution in [0.3, 0.4) is 0 Å². The maximum Gasteiger partial charge on any atom is 0.333 e. The van der Waals surface area contributed by atoms with E-state index >= 15 is 0 Å². The molecule has 80 valence electrons. The Hall–Kier alpha value is -0.910. The molecule has 0 saturated heterocycles. The lowest BCUT2D eigenvalue weighted by Crippen LogP contribution is -2.42. The number of aliphatic hydroxyl groups excluding tert-OH is 2. The van der Waals surface area contributed by atoms with Crippen molar-refractivity contribution >= 4 is 5.97 Å². The zero-order valence-electron chi connectivity index (χ0n) is 8.14. The van der Waals surface area contributed by atoms with Crippen LogP contribution in [-0.2, 0) is 14.3 Å². The first kappa shape index (κ1) is 11.2. The van der Waals surface area contributed by atoms with E-state index in [-0.39, 0.29) is 6.42 Å². The zero-order chi connectivity index (χ0) is 10.7. The third-order valence-corrected chi connectivity index (χ3v) is 2.27. The fourth-order valence-electron chi connectivity index (χ4n) is 1.44. The molecule has 0 saturated carbocycles. The van der Waals surface area contributed by atoms with E-state index in [4.69, 9.17) is 4.74 Å². The van der Waals surface area contributed by atoms with Gasteiger partial charge in [0, 0.05) is 19.1 Å². The van der Waals surface area contributed by atoms with Gasteiger partial charge in [-0.1, -0.05) is 0 Å². The molecule has 0 aromatic carbocycles. The average Bonchev–Trinajstić information content (AvgIpc) is 2.20. The van der Waals surface area contributed by atoms with E-state index in [1.807, 2.05) is 0 Å². The number of carbonyl (C=O) groups excluding carboxylic acids is 1. The fourth-order valence-corrected chi connectivity index (χ4v) is 1.44. The summed E-state index contributed by atoms with van der Waals surface area (Å²) in [5, 5.41) is 18.8. The van der Waals surface area contributed by atoms with Gasteiger partial charge in [0.25, 0.3) is 0 Å². The number of ether oxygens (including phenoxy) is 2. The zero-order valence-corrected chi connectivity index (χ0v) is 8.14. The van der Waals surface area contributed by atoms with Crippen molar-refractivity contribution in [2.24, 2.45) is 0 Å². The number of methoxy groups -OCH3 is 2. The van der Waals surface area contributed by atoms with Crippen LogP contribution in [0.25, 0.3) is 0 Å². The normalized spacial score (nSPS) is 32.3. The molecule has 0 heterocycles. The van der Waals surface area contributed by atoms with Gasteiger partial charge in [0.1, 0.15) is 12.2 Å². The molecule has 0 bridgehead atoms. The SMILES string of the molecule is COC(=O)C1=CC(O)C(O)C(OC)C1. The lowest BCUT2D eigenvalue weighted by molar-refractivity contribution is -0.138. The largest absolute Gasteiger partial charge is 0.466 e. The molecule has 0 aliphatic heterocycles. The summed E-state index contributed by atoms with van der Waals surface area (Å²) in [6.07, 6.45) is -1.09. The Bertz CT molecular complexity index is 248. The van der Waals surface area contributed by atoms with Crippen LogP contribution in [0.2, 0.25) is 0 Å². The van der Waals surface area contributed by atoms with E-state index in [1.54, 1.807) is 0 Å². The maximum atomic E-state index is 11.1. The van der Waals surface area contributed by atoms with Gasteiger partial charge in [0.15, 0.2) is 0 Å². The summed E-state index contributed by atoms with van der Waals surface area (Å²) in [5.74, 6) is -0.502. The quantitative estimate of drug-likeness (QED) is 0.575. The minimum Gasteiger partial charge on any atom is -0.466 e. The van der Waals surface area contributed by atoms with Crippen LogP contribution in [0.15, 0.2) is 11.6 Å². The van der Waals surface area contributed by atoms with Crippen molar-refractivity contribution in [3.05, 3.63) is 11.6 Å². The second kappa shape index (κ2) is 4.54. The van der Waals surface area contributed by atoms with Gasteiger partial charge in [0.05, 0.1) is 13.2 Å². The first-order chi connectivity index (χ1) is 6.60. The number of hydrogen-bond donors (Lipinski definition) is 2. The Morgan fingerprint density at radius 1 is 1.50 bits per heavy atom. The molecule has 14 heavy (non-hydrogen) atoms. The summed E-state index contributed by atoms with van der Waals surface area (Å²) in [6, 6.07) is 0. The van der Waals surface area contributed by atoms with Crippen LogP contribution in [0.1, 0.15) is 6.42 Å². The van der Waals surface area contributed by atoms with Gasteiger partial charge in [0.2, 0.25) is 0 Å². The molecular formula is C9H14O5. The van der Waals surface area contributed by atoms with Crippen molar-refractivity contribution in [2.75, 3.05) is 14.2 Å². The van der Waals surface area contributed by atoms with Crippen LogP contribution in [-0.4, -0.2) is 48.7 Å². The standard InChI is InChI=1S/C9H14O5/c1-13-7-4-5(9(12)14-2)3-6(10)8(7)11/h3,6-8,10-11H,4H2,1-2H3. The van der Waals surface area contributed by atoms with E-state index in [1.165, 1.54) is 20.3 Å². The Kier molecular flexibility index (Phi) is 3.62. The van der Waals surface area contributed by atoms with Gasteiger partial charge in [-0.2, -0.15) is 0 Å². The van der Waals surface area contributed by atoms with Crippen LogP contribution in [0.5, 0.6) is 0 Å². The summed E-state index contributed by atoms with van der Waals surface area (Å²) in [6.45, 7) is 0. The first-order valence-corrected chi connectivity index (χ1v) is 4.28. The van der Waals surface area contributed by atoms with Gasteiger partial charge < -0.3 is 19.7 Å². The van der Waals surface area contributed by atoms with Gasteiger partial charge in [-0.3, -0.25) is 0 Å². The third kappa shape index (κ3) is 2.12. The average molecular weight is 202 g/mol. The second-order valence-electron chi connectivity index (χ2n) is 3.14. The van der Waals surface area contributed by atoms with Gasteiger partial charge in [-0.05, 0) is 6.08 Å². The molecule has 2 N–H and O–H groups in total. The molecule has 1 aliphatic carbocycles. The molecule has 0 fully saturated rings. The topological polar surface area (TPSA) is 76.0 Å². The van der Waals surface area contributed by atoms with Crippen molar-refractivity contribution in [2.45, 2.75) is 24.7 Å². The summed E-state index contributed by atoms with van der Waals surface area (Å²) in [5.41, 5.74) is 0.331. The lowest BCUT2D eigenvalue weighted by atomic mass is 9.92. The number of esters is 1. The van der Waals surface area contributed by atoms with Gasteiger partial charge >= 0.3 is 5.97 Å². The molecule has 1 rings (SSSR count). The molecule has 0 spiro atoms. The molecule has 0 aromatic heterocycles. The predicted molar refractivity (Wildman–Crippen MR) is 47.5 cm³/mol. The highest BCUT2D eigenvalue weighted by atomic mass is 16.5. The molecule has 3 atom stereocenters. The summed E-state index contributed by atoms with van der Waals surface area (Å²) < 4.78 is 9.45. The van der Waals surface area contributed by atoms with Crippen molar-refractivity contribution in [3.8, 4) is 0 Å². The smallest absolute Gasteiger partial charge is 0.333 e. The number of carbonyl (C=O) groups is 1. The van der Waals surface area contributed by atoms with Crippen molar-refractivity contribution in [3.63, 3.8) is 0 Å². The van der Waals surface area contributed by atoms with E-state index in [0.29, 0.717) is 5.57 Å². The van der Waals surface area contributed by atoms with E-state index in [9.17, 15) is 15.0 Å². The molecule has 5 nitrogen and oxygen atoms in total. The predicted octanol–water partition coefficient (Wildman–Crippen LogP) is -0.774. The lowest BCUT2D eigenvalue weighted by Gasteiger charge is -2.29. The van der Waals surface area contributed by atoms with E-state index in [2.05, 4.69) is 4.74 Å². The Morgan fingerprint density at radius 3 is 2.64 bits per heavy atom. The summed E-state index contributed by atoms with van der Waals surface area (Å²) in [4.78, 5) is 11.1. The second-order valence-corrected chi connectivity index (χ2v) is 3.14. The molecular weight excluding hydrogens is 188 g/mol. The summed E-state index contributed by atoms with van der Waals surface area (Å²) >= 11 is 0. The Balaban J connectivity index is 2.80. The number of hydrogen-bond acceptors (Lipinski definition) is 5.